The summed E-state index contributed by atoms with van der Waals surface area (Å²) in [7, 11) is 0. The predicted molar refractivity (Wildman–Crippen MR) is 86.7 cm³/mol. The third-order valence-corrected chi connectivity index (χ3v) is 3.66. The van der Waals surface area contributed by atoms with Crippen LogP contribution in [0.25, 0.3) is 5.65 Å². The first-order valence-electron chi connectivity index (χ1n) is 7.19. The van der Waals surface area contributed by atoms with Gasteiger partial charge in [0.15, 0.2) is 0 Å². The first kappa shape index (κ1) is 14.1. The molecule has 108 valence electrons. The fourth-order valence-electron chi connectivity index (χ4n) is 2.38. The van der Waals surface area contributed by atoms with Gasteiger partial charge in [0.05, 0.1) is 10.7 Å². The fraction of sp³-hybridized carbons (Fsp3) is 0.235. The number of benzene rings is 1. The summed E-state index contributed by atoms with van der Waals surface area (Å²) in [6.07, 6.45) is 6.13. The number of nitrogens with zero attached hydrogens (tertiary/aromatic N) is 2. The van der Waals surface area contributed by atoms with Gasteiger partial charge in [0.25, 0.3) is 0 Å². The number of fused-ring (bicyclic) bond motifs is 1. The van der Waals surface area contributed by atoms with Crippen molar-refractivity contribution in [1.29, 1.82) is 0 Å². The highest BCUT2D eigenvalue weighted by Gasteiger charge is 2.01. The van der Waals surface area contributed by atoms with Crippen LogP contribution >= 0.6 is 11.6 Å². The Morgan fingerprint density at radius 2 is 1.90 bits per heavy atom. The van der Waals surface area contributed by atoms with Crippen LogP contribution in [-0.4, -0.2) is 15.9 Å². The largest absolute Gasteiger partial charge is 0.311 e. The number of rotatable bonds is 6. The Labute approximate surface area is 129 Å². The number of hydrogen-bond acceptors (Lipinski definition) is 2. The van der Waals surface area contributed by atoms with Crippen molar-refractivity contribution in [2.75, 3.05) is 6.54 Å². The molecule has 0 saturated carbocycles. The standard InChI is InChI=1S/C17H18ClN3/c18-15-8-9-17-20-16(13-21(17)12-15)11-19-10-4-7-14-5-2-1-3-6-14/h1-3,5-6,8-9,12-13,19H,4,7,10-11H2. The third-order valence-electron chi connectivity index (χ3n) is 3.43. The van der Waals surface area contributed by atoms with Gasteiger partial charge in [0, 0.05) is 18.9 Å². The van der Waals surface area contributed by atoms with Gasteiger partial charge in [0.1, 0.15) is 5.65 Å². The van der Waals surface area contributed by atoms with Crippen LogP contribution in [-0.2, 0) is 13.0 Å². The van der Waals surface area contributed by atoms with Gasteiger partial charge in [-0.25, -0.2) is 4.98 Å². The molecule has 0 bridgehead atoms. The Morgan fingerprint density at radius 3 is 2.76 bits per heavy atom. The molecule has 4 heteroatoms. The zero-order chi connectivity index (χ0) is 14.5. The molecular formula is C17H18ClN3. The summed E-state index contributed by atoms with van der Waals surface area (Å²) < 4.78 is 1.96. The molecular weight excluding hydrogens is 282 g/mol. The van der Waals surface area contributed by atoms with Crippen molar-refractivity contribution >= 4 is 17.2 Å². The van der Waals surface area contributed by atoms with E-state index in [1.807, 2.05) is 28.9 Å². The summed E-state index contributed by atoms with van der Waals surface area (Å²) in [5.41, 5.74) is 3.36. The molecule has 0 radical (unpaired) electrons. The summed E-state index contributed by atoms with van der Waals surface area (Å²) >= 11 is 5.97. The van der Waals surface area contributed by atoms with Gasteiger partial charge < -0.3 is 9.72 Å². The van der Waals surface area contributed by atoms with Gasteiger partial charge in [-0.15, -0.1) is 0 Å². The summed E-state index contributed by atoms with van der Waals surface area (Å²) in [5, 5.41) is 4.16. The molecule has 2 heterocycles. The van der Waals surface area contributed by atoms with Gasteiger partial charge in [-0.2, -0.15) is 0 Å². The number of pyridine rings is 1. The molecule has 2 aromatic heterocycles. The minimum atomic E-state index is 0.724. The number of aromatic nitrogens is 2. The van der Waals surface area contributed by atoms with Crippen LogP contribution in [0.2, 0.25) is 5.02 Å². The van der Waals surface area contributed by atoms with E-state index in [4.69, 9.17) is 11.6 Å². The van der Waals surface area contributed by atoms with Gasteiger partial charge in [-0.1, -0.05) is 41.9 Å². The molecule has 1 N–H and O–H groups in total. The van der Waals surface area contributed by atoms with Crippen molar-refractivity contribution < 1.29 is 0 Å². The van der Waals surface area contributed by atoms with E-state index in [1.165, 1.54) is 5.56 Å². The maximum Gasteiger partial charge on any atom is 0.137 e. The summed E-state index contributed by atoms with van der Waals surface area (Å²) in [4.78, 5) is 4.55. The molecule has 0 aliphatic carbocycles. The van der Waals surface area contributed by atoms with Crippen LogP contribution in [0.1, 0.15) is 17.7 Å². The molecule has 21 heavy (non-hydrogen) atoms. The zero-order valence-electron chi connectivity index (χ0n) is 11.8. The highest BCUT2D eigenvalue weighted by atomic mass is 35.5. The van der Waals surface area contributed by atoms with E-state index >= 15 is 0 Å². The second-order valence-electron chi connectivity index (χ2n) is 5.11. The van der Waals surface area contributed by atoms with Crippen LogP contribution in [0.4, 0.5) is 0 Å². The average molecular weight is 300 g/mol. The molecule has 3 rings (SSSR count). The highest BCUT2D eigenvalue weighted by molar-refractivity contribution is 6.30. The predicted octanol–water partition coefficient (Wildman–Crippen LogP) is 3.71. The minimum Gasteiger partial charge on any atom is -0.311 e. The van der Waals surface area contributed by atoms with E-state index in [1.54, 1.807) is 0 Å². The van der Waals surface area contributed by atoms with Gasteiger partial charge >= 0.3 is 0 Å². The highest BCUT2D eigenvalue weighted by Crippen LogP contribution is 2.11. The Balaban J connectivity index is 1.46. The van der Waals surface area contributed by atoms with Crippen molar-refractivity contribution in [2.45, 2.75) is 19.4 Å². The third kappa shape index (κ3) is 3.84. The summed E-state index contributed by atoms with van der Waals surface area (Å²) in [5.74, 6) is 0. The van der Waals surface area contributed by atoms with E-state index in [9.17, 15) is 0 Å². The van der Waals surface area contributed by atoms with E-state index in [2.05, 4.69) is 40.6 Å². The number of aryl methyl sites for hydroxylation is 1. The zero-order valence-corrected chi connectivity index (χ0v) is 12.6. The van der Waals surface area contributed by atoms with Crippen LogP contribution in [0.5, 0.6) is 0 Å². The molecule has 3 nitrogen and oxygen atoms in total. The topological polar surface area (TPSA) is 29.3 Å². The smallest absolute Gasteiger partial charge is 0.137 e. The molecule has 0 unspecified atom stereocenters. The lowest BCUT2D eigenvalue weighted by Crippen LogP contribution is -2.15. The van der Waals surface area contributed by atoms with Crippen molar-refractivity contribution in [3.63, 3.8) is 0 Å². The minimum absolute atomic E-state index is 0.724. The lowest BCUT2D eigenvalue weighted by Gasteiger charge is -2.03. The van der Waals surface area contributed by atoms with Crippen molar-refractivity contribution in [2.24, 2.45) is 0 Å². The summed E-state index contributed by atoms with van der Waals surface area (Å²) in [6, 6.07) is 14.4. The van der Waals surface area contributed by atoms with Gasteiger partial charge in [-0.3, -0.25) is 0 Å². The second-order valence-corrected chi connectivity index (χ2v) is 5.55. The molecule has 3 aromatic rings. The lowest BCUT2D eigenvalue weighted by atomic mass is 10.1. The maximum absolute atomic E-state index is 5.97. The first-order chi connectivity index (χ1) is 10.3. The fourth-order valence-corrected chi connectivity index (χ4v) is 2.55. The monoisotopic (exact) mass is 299 g/mol. The number of halogens is 1. The number of hydrogen-bond donors (Lipinski definition) is 1. The molecule has 0 saturated heterocycles. The van der Waals surface area contributed by atoms with Crippen LogP contribution < -0.4 is 5.32 Å². The molecule has 0 amide bonds. The Bertz CT molecular complexity index is 706. The van der Waals surface area contributed by atoms with E-state index in [-0.39, 0.29) is 0 Å². The summed E-state index contributed by atoms with van der Waals surface area (Å²) in [6.45, 7) is 1.78. The SMILES string of the molecule is Clc1ccc2nc(CNCCCc3ccccc3)cn2c1. The van der Waals surface area contributed by atoms with Crippen LogP contribution in [0, 0.1) is 0 Å². The Kier molecular flexibility index (Phi) is 4.53. The maximum atomic E-state index is 5.97. The second kappa shape index (κ2) is 6.74. The molecule has 0 fully saturated rings. The first-order valence-corrected chi connectivity index (χ1v) is 7.57. The molecule has 1 aromatic carbocycles. The quantitative estimate of drug-likeness (QED) is 0.703. The Hall–Kier alpha value is -1.84. The molecule has 0 aliphatic heterocycles. The van der Waals surface area contributed by atoms with E-state index in [0.29, 0.717) is 0 Å². The average Bonchev–Trinajstić information content (AvgIpc) is 2.90. The van der Waals surface area contributed by atoms with Crippen molar-refractivity contribution in [1.82, 2.24) is 14.7 Å². The van der Waals surface area contributed by atoms with Crippen molar-refractivity contribution in [3.05, 3.63) is 71.1 Å². The molecule has 0 atom stereocenters. The Morgan fingerprint density at radius 1 is 1.05 bits per heavy atom. The molecule has 0 aliphatic rings. The lowest BCUT2D eigenvalue weighted by molar-refractivity contribution is 0.642. The van der Waals surface area contributed by atoms with Crippen LogP contribution in [0.15, 0.2) is 54.9 Å². The van der Waals surface area contributed by atoms with E-state index in [0.717, 1.165) is 42.3 Å². The number of imidazole rings is 1. The van der Waals surface area contributed by atoms with Gasteiger partial charge in [-0.05, 0) is 37.1 Å². The number of nitrogens with one attached hydrogen (secondary N) is 1. The molecule has 0 spiro atoms. The van der Waals surface area contributed by atoms with Crippen molar-refractivity contribution in [3.8, 4) is 0 Å². The normalized spacial score (nSPS) is 11.1. The van der Waals surface area contributed by atoms with Gasteiger partial charge in [0.2, 0.25) is 0 Å². The van der Waals surface area contributed by atoms with Crippen LogP contribution in [0.3, 0.4) is 0 Å². The van der Waals surface area contributed by atoms with E-state index < -0.39 is 0 Å².